The van der Waals surface area contributed by atoms with Crippen LogP contribution in [-0.2, 0) is 16.4 Å². The minimum atomic E-state index is -3.38. The Balaban J connectivity index is 1.72. The molecule has 116 valence electrons. The van der Waals surface area contributed by atoms with Crippen molar-refractivity contribution in [2.45, 2.75) is 43.9 Å². The van der Waals surface area contributed by atoms with E-state index in [1.165, 1.54) is 12.8 Å². The van der Waals surface area contributed by atoms with Gasteiger partial charge in [0.05, 0.1) is 4.90 Å². The largest absolute Gasteiger partial charge is 0.385 e. The number of anilines is 1. The molecule has 21 heavy (non-hydrogen) atoms. The molecule has 0 amide bonds. The predicted molar refractivity (Wildman–Crippen MR) is 84.9 cm³/mol. The highest BCUT2D eigenvalue weighted by Crippen LogP contribution is 2.31. The molecule has 2 unspecified atom stereocenters. The van der Waals surface area contributed by atoms with Crippen LogP contribution in [0.25, 0.3) is 0 Å². The van der Waals surface area contributed by atoms with Crippen LogP contribution in [0.1, 0.15) is 38.2 Å². The van der Waals surface area contributed by atoms with Crippen LogP contribution < -0.4 is 10.0 Å². The number of nitrogens with one attached hydrogen (secondary N) is 2. The maximum Gasteiger partial charge on any atom is 0.240 e. The molecule has 2 N–H and O–H groups in total. The molecule has 0 radical (unpaired) electrons. The van der Waals surface area contributed by atoms with E-state index in [0.29, 0.717) is 23.3 Å². The molecule has 1 aliphatic heterocycles. The summed E-state index contributed by atoms with van der Waals surface area (Å²) in [6.45, 7) is 3.76. The van der Waals surface area contributed by atoms with Gasteiger partial charge in [0.1, 0.15) is 0 Å². The van der Waals surface area contributed by atoms with Crippen LogP contribution in [0.5, 0.6) is 0 Å². The lowest BCUT2D eigenvalue weighted by molar-refractivity contribution is 0.414. The Kier molecular flexibility index (Phi) is 4.22. The first-order chi connectivity index (χ1) is 10.1. The number of sulfonamides is 1. The SMILES string of the molecule is CC1CCCC1CNS(=O)(=O)c1ccc2c(c1)CCCN2. The van der Waals surface area contributed by atoms with Crippen molar-refractivity contribution >= 4 is 15.7 Å². The molecule has 1 fully saturated rings. The normalized spacial score (nSPS) is 25.4. The molecular formula is C16H24N2O2S. The fraction of sp³-hybridized carbons (Fsp3) is 0.625. The topological polar surface area (TPSA) is 58.2 Å². The monoisotopic (exact) mass is 308 g/mol. The Morgan fingerprint density at radius 1 is 1.29 bits per heavy atom. The Hall–Kier alpha value is -1.07. The summed E-state index contributed by atoms with van der Waals surface area (Å²) >= 11 is 0. The Morgan fingerprint density at radius 3 is 2.90 bits per heavy atom. The van der Waals surface area contributed by atoms with E-state index in [2.05, 4.69) is 17.0 Å². The molecule has 0 saturated heterocycles. The van der Waals surface area contributed by atoms with Crippen molar-refractivity contribution < 1.29 is 8.42 Å². The number of hydrogen-bond donors (Lipinski definition) is 2. The van der Waals surface area contributed by atoms with E-state index in [1.807, 2.05) is 12.1 Å². The minimum Gasteiger partial charge on any atom is -0.385 e. The number of rotatable bonds is 4. The summed E-state index contributed by atoms with van der Waals surface area (Å²) < 4.78 is 27.7. The van der Waals surface area contributed by atoms with Gasteiger partial charge in [-0.25, -0.2) is 13.1 Å². The number of aryl methyl sites for hydroxylation is 1. The predicted octanol–water partition coefficient (Wildman–Crippen LogP) is 2.76. The fourth-order valence-electron chi connectivity index (χ4n) is 3.44. The van der Waals surface area contributed by atoms with Gasteiger partial charge in [-0.3, -0.25) is 0 Å². The summed E-state index contributed by atoms with van der Waals surface area (Å²) in [4.78, 5) is 0.399. The minimum absolute atomic E-state index is 0.399. The van der Waals surface area contributed by atoms with Gasteiger partial charge in [0.15, 0.2) is 0 Å². The third-order valence-electron chi connectivity index (χ3n) is 4.90. The lowest BCUT2D eigenvalue weighted by Crippen LogP contribution is -2.30. The summed E-state index contributed by atoms with van der Waals surface area (Å²) in [6.07, 6.45) is 5.58. The quantitative estimate of drug-likeness (QED) is 0.899. The fourth-order valence-corrected chi connectivity index (χ4v) is 4.59. The number of hydrogen-bond acceptors (Lipinski definition) is 3. The van der Waals surface area contributed by atoms with E-state index in [0.717, 1.165) is 37.1 Å². The van der Waals surface area contributed by atoms with Crippen LogP contribution in [0.2, 0.25) is 0 Å². The van der Waals surface area contributed by atoms with Gasteiger partial charge in [-0.05, 0) is 54.9 Å². The van der Waals surface area contributed by atoms with Crippen LogP contribution in [0.4, 0.5) is 5.69 Å². The molecule has 0 spiro atoms. The van der Waals surface area contributed by atoms with Crippen molar-refractivity contribution in [3.63, 3.8) is 0 Å². The summed E-state index contributed by atoms with van der Waals surface area (Å²) in [6, 6.07) is 5.42. The molecule has 0 bridgehead atoms. The number of fused-ring (bicyclic) bond motifs is 1. The van der Waals surface area contributed by atoms with Crippen molar-refractivity contribution in [1.82, 2.24) is 4.72 Å². The molecule has 2 atom stereocenters. The Labute approximate surface area is 127 Å². The van der Waals surface area contributed by atoms with Gasteiger partial charge in [0.25, 0.3) is 0 Å². The molecule has 1 heterocycles. The summed E-state index contributed by atoms with van der Waals surface area (Å²) in [5.41, 5.74) is 2.18. The standard InChI is InChI=1S/C16H24N2O2S/c1-12-4-2-5-14(12)11-18-21(19,20)15-7-8-16-13(10-15)6-3-9-17-16/h7-8,10,12,14,17-18H,2-6,9,11H2,1H3. The average Bonchev–Trinajstić information content (AvgIpc) is 2.90. The molecule has 4 nitrogen and oxygen atoms in total. The van der Waals surface area contributed by atoms with Crippen molar-refractivity contribution in [3.05, 3.63) is 23.8 Å². The summed E-state index contributed by atoms with van der Waals surface area (Å²) in [5.74, 6) is 1.11. The second-order valence-corrected chi connectivity index (χ2v) is 8.14. The molecule has 0 aromatic heterocycles. The highest BCUT2D eigenvalue weighted by molar-refractivity contribution is 7.89. The first kappa shape index (κ1) is 14.9. The lowest BCUT2D eigenvalue weighted by atomic mass is 9.99. The molecule has 5 heteroatoms. The second kappa shape index (κ2) is 5.97. The zero-order chi connectivity index (χ0) is 14.9. The second-order valence-electron chi connectivity index (χ2n) is 6.37. The lowest BCUT2D eigenvalue weighted by Gasteiger charge is -2.19. The van der Waals surface area contributed by atoms with Crippen molar-refractivity contribution in [2.24, 2.45) is 11.8 Å². The highest BCUT2D eigenvalue weighted by Gasteiger charge is 2.25. The summed E-state index contributed by atoms with van der Waals surface area (Å²) in [5, 5.41) is 3.31. The van der Waals surface area contributed by atoms with E-state index in [9.17, 15) is 8.42 Å². The van der Waals surface area contributed by atoms with Crippen LogP contribution >= 0.6 is 0 Å². The van der Waals surface area contributed by atoms with Gasteiger partial charge >= 0.3 is 0 Å². The third-order valence-corrected chi connectivity index (χ3v) is 6.32. The first-order valence-electron chi connectivity index (χ1n) is 7.93. The molecular weight excluding hydrogens is 284 g/mol. The van der Waals surface area contributed by atoms with E-state index < -0.39 is 10.0 Å². The third kappa shape index (κ3) is 3.24. The summed E-state index contributed by atoms with van der Waals surface area (Å²) in [7, 11) is -3.38. The Bertz CT molecular complexity index is 613. The zero-order valence-electron chi connectivity index (χ0n) is 12.6. The molecule has 1 aromatic rings. The smallest absolute Gasteiger partial charge is 0.240 e. The maximum atomic E-state index is 12.4. The van der Waals surface area contributed by atoms with E-state index >= 15 is 0 Å². The van der Waals surface area contributed by atoms with Gasteiger partial charge in [-0.2, -0.15) is 0 Å². The van der Waals surface area contributed by atoms with Crippen LogP contribution in [0.3, 0.4) is 0 Å². The van der Waals surface area contributed by atoms with E-state index in [1.54, 1.807) is 6.07 Å². The van der Waals surface area contributed by atoms with Crippen molar-refractivity contribution in [2.75, 3.05) is 18.4 Å². The molecule has 1 saturated carbocycles. The van der Waals surface area contributed by atoms with Gasteiger partial charge in [0.2, 0.25) is 10.0 Å². The maximum absolute atomic E-state index is 12.4. The first-order valence-corrected chi connectivity index (χ1v) is 9.41. The Morgan fingerprint density at radius 2 is 2.14 bits per heavy atom. The molecule has 1 aliphatic carbocycles. The zero-order valence-corrected chi connectivity index (χ0v) is 13.4. The highest BCUT2D eigenvalue weighted by atomic mass is 32.2. The van der Waals surface area contributed by atoms with Crippen LogP contribution in [0.15, 0.2) is 23.1 Å². The van der Waals surface area contributed by atoms with Gasteiger partial charge < -0.3 is 5.32 Å². The van der Waals surface area contributed by atoms with Crippen molar-refractivity contribution in [3.8, 4) is 0 Å². The average molecular weight is 308 g/mol. The van der Waals surface area contributed by atoms with Gasteiger partial charge in [-0.1, -0.05) is 19.8 Å². The number of benzene rings is 1. The van der Waals surface area contributed by atoms with Crippen LogP contribution in [-0.4, -0.2) is 21.5 Å². The molecule has 2 aliphatic rings. The van der Waals surface area contributed by atoms with Gasteiger partial charge in [-0.15, -0.1) is 0 Å². The van der Waals surface area contributed by atoms with E-state index in [-0.39, 0.29) is 0 Å². The van der Waals surface area contributed by atoms with Gasteiger partial charge in [0, 0.05) is 18.8 Å². The van der Waals surface area contributed by atoms with Crippen LogP contribution in [0, 0.1) is 11.8 Å². The molecule has 1 aromatic carbocycles. The van der Waals surface area contributed by atoms with Crippen molar-refractivity contribution in [1.29, 1.82) is 0 Å². The molecule has 3 rings (SSSR count). The van der Waals surface area contributed by atoms with E-state index in [4.69, 9.17) is 0 Å².